The molecular weight excluding hydrogens is 356 g/mol. The van der Waals surface area contributed by atoms with Gasteiger partial charge in [0, 0.05) is 42.8 Å². The van der Waals surface area contributed by atoms with E-state index in [4.69, 9.17) is 11.6 Å². The molecular formula is C23H29ClN2O. The number of hydrogen-bond donors (Lipinski definition) is 0. The highest BCUT2D eigenvalue weighted by Crippen LogP contribution is 2.27. The van der Waals surface area contributed by atoms with Gasteiger partial charge in [0.1, 0.15) is 0 Å². The Morgan fingerprint density at radius 2 is 1.74 bits per heavy atom. The molecule has 144 valence electrons. The van der Waals surface area contributed by atoms with Crippen LogP contribution >= 0.6 is 11.6 Å². The van der Waals surface area contributed by atoms with Gasteiger partial charge in [-0.1, -0.05) is 55.8 Å². The summed E-state index contributed by atoms with van der Waals surface area (Å²) in [7, 11) is 0. The van der Waals surface area contributed by atoms with Gasteiger partial charge in [-0.3, -0.25) is 9.69 Å². The number of amides is 1. The molecule has 0 spiro atoms. The zero-order chi connectivity index (χ0) is 19.2. The molecule has 4 heteroatoms. The standard InChI is InChI=1S/C23H29ClN2O/c1-3-18-9-11-20(12-10-18)26(23(27)4-2)21-13-15-25(16-14-21)17-19-7-5-6-8-22(19)24/h5-12,21H,3-4,13-17H2,1-2H3. The van der Waals surface area contributed by atoms with Crippen LogP contribution in [0.3, 0.4) is 0 Å². The predicted octanol–water partition coefficient (Wildman–Crippen LogP) is 5.31. The first kappa shape index (κ1) is 19.9. The molecule has 3 nitrogen and oxygen atoms in total. The SMILES string of the molecule is CCC(=O)N(c1ccc(CC)cc1)C1CCN(Cc2ccccc2Cl)CC1. The van der Waals surface area contributed by atoms with Crippen molar-refractivity contribution in [1.82, 2.24) is 4.90 Å². The molecule has 27 heavy (non-hydrogen) atoms. The number of rotatable bonds is 6. The number of anilines is 1. The molecule has 0 radical (unpaired) electrons. The van der Waals surface area contributed by atoms with Crippen LogP contribution in [0.25, 0.3) is 0 Å². The summed E-state index contributed by atoms with van der Waals surface area (Å²) in [6.45, 7) is 6.94. The minimum absolute atomic E-state index is 0.212. The van der Waals surface area contributed by atoms with E-state index in [0.717, 1.165) is 49.6 Å². The molecule has 1 amide bonds. The van der Waals surface area contributed by atoms with Crippen molar-refractivity contribution in [2.45, 2.75) is 52.1 Å². The van der Waals surface area contributed by atoms with Crippen molar-refractivity contribution in [2.75, 3.05) is 18.0 Å². The number of aryl methyl sites for hydroxylation is 1. The minimum atomic E-state index is 0.212. The van der Waals surface area contributed by atoms with Gasteiger partial charge in [-0.05, 0) is 48.6 Å². The Morgan fingerprint density at radius 3 is 2.33 bits per heavy atom. The zero-order valence-corrected chi connectivity index (χ0v) is 17.1. The second-order valence-corrected chi connectivity index (χ2v) is 7.64. The normalized spacial score (nSPS) is 15.7. The van der Waals surface area contributed by atoms with Gasteiger partial charge >= 0.3 is 0 Å². The van der Waals surface area contributed by atoms with Crippen molar-refractivity contribution < 1.29 is 4.79 Å². The topological polar surface area (TPSA) is 23.6 Å². The molecule has 0 aromatic heterocycles. The Bertz CT molecular complexity index is 751. The Morgan fingerprint density at radius 1 is 1.07 bits per heavy atom. The monoisotopic (exact) mass is 384 g/mol. The number of carbonyl (C=O) groups excluding carboxylic acids is 1. The predicted molar refractivity (Wildman–Crippen MR) is 113 cm³/mol. The Kier molecular flexibility index (Phi) is 6.92. The van der Waals surface area contributed by atoms with Gasteiger partial charge in [0.05, 0.1) is 0 Å². The highest BCUT2D eigenvalue weighted by atomic mass is 35.5. The maximum atomic E-state index is 12.7. The number of nitrogens with zero attached hydrogens (tertiary/aromatic N) is 2. The molecule has 1 aliphatic heterocycles. The van der Waals surface area contributed by atoms with Crippen molar-refractivity contribution in [3.8, 4) is 0 Å². The maximum Gasteiger partial charge on any atom is 0.226 e. The van der Waals surface area contributed by atoms with E-state index in [1.54, 1.807) is 0 Å². The van der Waals surface area contributed by atoms with Crippen LogP contribution in [0.15, 0.2) is 48.5 Å². The fourth-order valence-corrected chi connectivity index (χ4v) is 4.02. The third-order valence-corrected chi connectivity index (χ3v) is 5.84. The number of likely N-dealkylation sites (tertiary alicyclic amines) is 1. The third-order valence-electron chi connectivity index (χ3n) is 5.47. The maximum absolute atomic E-state index is 12.7. The lowest BCUT2D eigenvalue weighted by molar-refractivity contribution is -0.119. The van der Waals surface area contributed by atoms with E-state index >= 15 is 0 Å². The average Bonchev–Trinajstić information content (AvgIpc) is 2.71. The van der Waals surface area contributed by atoms with Crippen LogP contribution in [-0.2, 0) is 17.8 Å². The molecule has 0 N–H and O–H groups in total. The first-order valence-electron chi connectivity index (χ1n) is 9.99. The first-order chi connectivity index (χ1) is 13.1. The second kappa shape index (κ2) is 9.38. The van der Waals surface area contributed by atoms with Crippen molar-refractivity contribution in [3.63, 3.8) is 0 Å². The molecule has 0 saturated carbocycles. The smallest absolute Gasteiger partial charge is 0.226 e. The lowest BCUT2D eigenvalue weighted by atomic mass is 10.0. The van der Waals surface area contributed by atoms with Crippen LogP contribution < -0.4 is 4.90 Å². The van der Waals surface area contributed by atoms with Crippen molar-refractivity contribution >= 4 is 23.2 Å². The summed E-state index contributed by atoms with van der Waals surface area (Å²) in [6.07, 6.45) is 3.54. The van der Waals surface area contributed by atoms with Gasteiger partial charge in [-0.25, -0.2) is 0 Å². The number of hydrogen-bond acceptors (Lipinski definition) is 2. The van der Waals surface area contributed by atoms with Gasteiger partial charge < -0.3 is 4.90 Å². The van der Waals surface area contributed by atoms with Gasteiger partial charge in [0.15, 0.2) is 0 Å². The second-order valence-electron chi connectivity index (χ2n) is 7.24. The van der Waals surface area contributed by atoms with E-state index < -0.39 is 0 Å². The van der Waals surface area contributed by atoms with Gasteiger partial charge in [-0.2, -0.15) is 0 Å². The van der Waals surface area contributed by atoms with E-state index in [2.05, 4.69) is 42.2 Å². The van der Waals surface area contributed by atoms with Crippen LogP contribution in [0.1, 0.15) is 44.2 Å². The summed E-state index contributed by atoms with van der Waals surface area (Å²) in [4.78, 5) is 17.1. The lowest BCUT2D eigenvalue weighted by Gasteiger charge is -2.38. The molecule has 2 aromatic rings. The fourth-order valence-electron chi connectivity index (χ4n) is 3.82. The summed E-state index contributed by atoms with van der Waals surface area (Å²) in [5, 5.41) is 0.832. The van der Waals surface area contributed by atoms with Crippen LogP contribution in [0, 0.1) is 0 Å². The Hall–Kier alpha value is -1.84. The number of benzene rings is 2. The summed E-state index contributed by atoms with van der Waals surface area (Å²) < 4.78 is 0. The van der Waals surface area contributed by atoms with Crippen molar-refractivity contribution in [3.05, 3.63) is 64.7 Å². The van der Waals surface area contributed by atoms with Gasteiger partial charge in [0.2, 0.25) is 5.91 Å². The quantitative estimate of drug-likeness (QED) is 0.673. The highest BCUT2D eigenvalue weighted by Gasteiger charge is 2.28. The van der Waals surface area contributed by atoms with Gasteiger partial charge in [-0.15, -0.1) is 0 Å². The van der Waals surface area contributed by atoms with E-state index in [9.17, 15) is 4.79 Å². The Labute approximate surface area is 167 Å². The highest BCUT2D eigenvalue weighted by molar-refractivity contribution is 6.31. The zero-order valence-electron chi connectivity index (χ0n) is 16.3. The molecule has 1 heterocycles. The molecule has 0 atom stereocenters. The summed E-state index contributed by atoms with van der Waals surface area (Å²) in [5.41, 5.74) is 3.51. The molecule has 1 fully saturated rings. The molecule has 3 rings (SSSR count). The summed E-state index contributed by atoms with van der Waals surface area (Å²) in [6, 6.07) is 16.8. The molecule has 1 aliphatic rings. The van der Waals surface area contributed by atoms with Gasteiger partial charge in [0.25, 0.3) is 0 Å². The molecule has 0 unspecified atom stereocenters. The minimum Gasteiger partial charge on any atom is -0.309 e. The van der Waals surface area contributed by atoms with Crippen molar-refractivity contribution in [2.24, 2.45) is 0 Å². The largest absolute Gasteiger partial charge is 0.309 e. The van der Waals surface area contributed by atoms with E-state index in [0.29, 0.717) is 6.42 Å². The summed E-state index contributed by atoms with van der Waals surface area (Å²) in [5.74, 6) is 0.212. The van der Waals surface area contributed by atoms with Crippen LogP contribution in [0.4, 0.5) is 5.69 Å². The first-order valence-corrected chi connectivity index (χ1v) is 10.4. The van der Waals surface area contributed by atoms with E-state index in [1.807, 2.05) is 30.0 Å². The average molecular weight is 385 g/mol. The molecule has 0 aliphatic carbocycles. The number of carbonyl (C=O) groups is 1. The van der Waals surface area contributed by atoms with E-state index in [-0.39, 0.29) is 11.9 Å². The third kappa shape index (κ3) is 4.91. The lowest BCUT2D eigenvalue weighted by Crippen LogP contribution is -2.47. The number of piperidine rings is 1. The van der Waals surface area contributed by atoms with E-state index in [1.165, 1.54) is 11.1 Å². The van der Waals surface area contributed by atoms with Crippen molar-refractivity contribution in [1.29, 1.82) is 0 Å². The van der Waals surface area contributed by atoms with Crippen LogP contribution in [0.2, 0.25) is 5.02 Å². The van der Waals surface area contributed by atoms with Crippen LogP contribution in [-0.4, -0.2) is 29.9 Å². The molecule has 2 aromatic carbocycles. The Balaban J connectivity index is 1.67. The number of halogens is 1. The molecule has 1 saturated heterocycles. The molecule has 0 bridgehead atoms. The fraction of sp³-hybridized carbons (Fsp3) is 0.435. The van der Waals surface area contributed by atoms with Crippen LogP contribution in [0.5, 0.6) is 0 Å². The summed E-state index contributed by atoms with van der Waals surface area (Å²) >= 11 is 6.31.